The second-order valence-electron chi connectivity index (χ2n) is 7.58. The predicted octanol–water partition coefficient (Wildman–Crippen LogP) is 3.90. The monoisotopic (exact) mass is 508 g/mol. The molecule has 28 heavy (non-hydrogen) atoms. The van der Waals surface area contributed by atoms with Crippen molar-refractivity contribution in [3.8, 4) is 0 Å². The molecule has 1 aliphatic carbocycles. The van der Waals surface area contributed by atoms with Gasteiger partial charge in [0.15, 0.2) is 22.1 Å². The average Bonchev–Trinajstić information content (AvgIpc) is 3.24. The number of nitrogens with zero attached hydrogens (tertiary/aromatic N) is 4. The van der Waals surface area contributed by atoms with Crippen molar-refractivity contribution < 1.29 is 0 Å². The van der Waals surface area contributed by atoms with E-state index in [1.807, 2.05) is 0 Å². The quantitative estimate of drug-likeness (QED) is 0.372. The van der Waals surface area contributed by atoms with Crippen LogP contribution in [0.2, 0.25) is 0 Å². The molecular weight excluding hydrogens is 483 g/mol. The van der Waals surface area contributed by atoms with Crippen LogP contribution < -0.4 is 11.1 Å². The van der Waals surface area contributed by atoms with Gasteiger partial charge in [-0.25, -0.2) is 15.0 Å². The van der Waals surface area contributed by atoms with E-state index in [1.54, 1.807) is 11.8 Å². The zero-order valence-electron chi connectivity index (χ0n) is 16.2. The number of halogens is 1. The Bertz CT molecular complexity index is 1000. The fourth-order valence-corrected chi connectivity index (χ4v) is 5.38. The molecule has 0 fully saturated rings. The van der Waals surface area contributed by atoms with Gasteiger partial charge < -0.3 is 15.6 Å². The predicted molar refractivity (Wildman–Crippen MR) is 123 cm³/mol. The van der Waals surface area contributed by atoms with Gasteiger partial charge in [-0.3, -0.25) is 0 Å². The number of aromatic nitrogens is 4. The molecule has 0 bridgehead atoms. The van der Waals surface area contributed by atoms with Crippen molar-refractivity contribution in [2.45, 2.75) is 49.7 Å². The molecule has 3 aromatic rings. The van der Waals surface area contributed by atoms with Crippen molar-refractivity contribution in [1.29, 1.82) is 0 Å². The van der Waals surface area contributed by atoms with Gasteiger partial charge in [0, 0.05) is 21.6 Å². The summed E-state index contributed by atoms with van der Waals surface area (Å²) >= 11 is 4.14. The van der Waals surface area contributed by atoms with Gasteiger partial charge in [0.05, 0.1) is 0 Å². The van der Waals surface area contributed by atoms with Gasteiger partial charge in [-0.1, -0.05) is 25.6 Å². The maximum atomic E-state index is 6.08. The van der Waals surface area contributed by atoms with E-state index in [0.29, 0.717) is 17.3 Å². The first-order valence-corrected chi connectivity index (χ1v) is 11.6. The Hall–Kier alpha value is -1.39. The van der Waals surface area contributed by atoms with Crippen LogP contribution in [0.4, 0.5) is 5.82 Å². The van der Waals surface area contributed by atoms with E-state index < -0.39 is 0 Å². The first kappa shape index (κ1) is 19.9. The van der Waals surface area contributed by atoms with Gasteiger partial charge >= 0.3 is 0 Å². The number of rotatable bonds is 7. The van der Waals surface area contributed by atoms with Crippen LogP contribution in [0.15, 0.2) is 28.5 Å². The molecule has 0 aliphatic heterocycles. The first-order valence-electron chi connectivity index (χ1n) is 9.69. The van der Waals surface area contributed by atoms with E-state index in [9.17, 15) is 0 Å². The van der Waals surface area contributed by atoms with E-state index in [-0.39, 0.29) is 0 Å². The highest BCUT2D eigenvalue weighted by Crippen LogP contribution is 2.36. The van der Waals surface area contributed by atoms with Gasteiger partial charge in [-0.2, -0.15) is 0 Å². The van der Waals surface area contributed by atoms with Crippen molar-refractivity contribution in [1.82, 2.24) is 24.8 Å². The maximum absolute atomic E-state index is 6.08. The third-order valence-corrected chi connectivity index (χ3v) is 7.25. The SMILES string of the molecule is CC(C)CNCCn1c(Sc2cc3c(cc2I)CCC3)nc2c(N)ncnc21. The number of nitrogens with one attached hydrogen (secondary N) is 1. The van der Waals surface area contributed by atoms with Gasteiger partial charge in [0.2, 0.25) is 0 Å². The number of nitrogen functional groups attached to an aromatic ring is 1. The smallest absolute Gasteiger partial charge is 0.175 e. The Morgan fingerprint density at radius 2 is 2.04 bits per heavy atom. The van der Waals surface area contributed by atoms with Crippen molar-refractivity contribution in [3.63, 3.8) is 0 Å². The molecular formula is C20H25IN6S. The summed E-state index contributed by atoms with van der Waals surface area (Å²) in [5, 5.41) is 4.43. The molecule has 0 unspecified atom stereocenters. The maximum Gasteiger partial charge on any atom is 0.175 e. The third-order valence-electron chi connectivity index (χ3n) is 4.94. The summed E-state index contributed by atoms with van der Waals surface area (Å²) in [5.74, 6) is 1.06. The largest absolute Gasteiger partial charge is 0.382 e. The highest BCUT2D eigenvalue weighted by Gasteiger charge is 2.19. The molecule has 0 saturated heterocycles. The second-order valence-corrected chi connectivity index (χ2v) is 9.75. The van der Waals surface area contributed by atoms with Gasteiger partial charge in [-0.05, 0) is 77.6 Å². The molecule has 4 rings (SSSR count). The number of anilines is 1. The molecule has 148 valence electrons. The Balaban J connectivity index is 1.66. The number of aryl methyl sites for hydroxylation is 2. The number of benzene rings is 1. The van der Waals surface area contributed by atoms with E-state index in [0.717, 1.165) is 30.4 Å². The number of nitrogens with two attached hydrogens (primary N) is 1. The zero-order valence-corrected chi connectivity index (χ0v) is 19.2. The van der Waals surface area contributed by atoms with Crippen LogP contribution in [0.25, 0.3) is 11.2 Å². The van der Waals surface area contributed by atoms with Crippen molar-refractivity contribution in [2.75, 3.05) is 18.8 Å². The molecule has 3 N–H and O–H groups in total. The van der Waals surface area contributed by atoms with Crippen LogP contribution in [-0.4, -0.2) is 32.6 Å². The second kappa shape index (κ2) is 8.54. The van der Waals surface area contributed by atoms with Crippen molar-refractivity contribution >= 4 is 51.3 Å². The lowest BCUT2D eigenvalue weighted by Crippen LogP contribution is -2.24. The molecule has 1 aliphatic rings. The van der Waals surface area contributed by atoms with E-state index in [4.69, 9.17) is 10.7 Å². The molecule has 6 nitrogen and oxygen atoms in total. The summed E-state index contributed by atoms with van der Waals surface area (Å²) in [7, 11) is 0. The summed E-state index contributed by atoms with van der Waals surface area (Å²) in [6, 6.07) is 4.67. The summed E-state index contributed by atoms with van der Waals surface area (Å²) in [6.45, 7) is 7.08. The molecule has 0 spiro atoms. The lowest BCUT2D eigenvalue weighted by atomic mass is 10.1. The summed E-state index contributed by atoms with van der Waals surface area (Å²) in [6.07, 6.45) is 5.15. The topological polar surface area (TPSA) is 81.7 Å². The molecule has 0 amide bonds. The van der Waals surface area contributed by atoms with Gasteiger partial charge in [0.1, 0.15) is 6.33 Å². The average molecular weight is 508 g/mol. The summed E-state index contributed by atoms with van der Waals surface area (Å²) < 4.78 is 3.44. The Morgan fingerprint density at radius 1 is 1.25 bits per heavy atom. The normalized spacial score (nSPS) is 13.6. The van der Waals surface area contributed by atoms with Crippen LogP contribution in [0.5, 0.6) is 0 Å². The Kier molecular flexibility index (Phi) is 6.07. The fourth-order valence-electron chi connectivity index (χ4n) is 3.54. The number of hydrogen-bond acceptors (Lipinski definition) is 6. The zero-order chi connectivity index (χ0) is 19.7. The number of imidazole rings is 1. The van der Waals surface area contributed by atoms with Crippen LogP contribution in [0.1, 0.15) is 31.4 Å². The lowest BCUT2D eigenvalue weighted by Gasteiger charge is -2.12. The third kappa shape index (κ3) is 4.13. The number of fused-ring (bicyclic) bond motifs is 2. The summed E-state index contributed by atoms with van der Waals surface area (Å²) in [5.41, 5.74) is 10.5. The standard InChI is InChI=1S/C20H25IN6S/c1-12(2)10-23-6-7-27-19-17(18(22)24-11-25-19)26-20(27)28-16-9-14-5-3-4-13(14)8-15(16)21/h8-9,11-12,23H,3-7,10H2,1-2H3,(H2,22,24,25). The van der Waals surface area contributed by atoms with E-state index in [1.165, 1.54) is 45.2 Å². The minimum absolute atomic E-state index is 0.435. The fraction of sp³-hybridized carbons (Fsp3) is 0.450. The van der Waals surface area contributed by atoms with Crippen LogP contribution in [-0.2, 0) is 19.4 Å². The molecule has 2 aromatic heterocycles. The minimum Gasteiger partial charge on any atom is -0.382 e. The molecule has 8 heteroatoms. The molecule has 0 atom stereocenters. The highest BCUT2D eigenvalue weighted by molar-refractivity contribution is 14.1. The highest BCUT2D eigenvalue weighted by atomic mass is 127. The van der Waals surface area contributed by atoms with Gasteiger partial charge in [0.25, 0.3) is 0 Å². The Morgan fingerprint density at radius 3 is 2.82 bits per heavy atom. The molecule has 0 radical (unpaired) electrons. The van der Waals surface area contributed by atoms with Gasteiger partial charge in [-0.15, -0.1) is 0 Å². The Labute approximate surface area is 183 Å². The summed E-state index contributed by atoms with van der Waals surface area (Å²) in [4.78, 5) is 14.6. The van der Waals surface area contributed by atoms with Crippen LogP contribution >= 0.6 is 34.4 Å². The van der Waals surface area contributed by atoms with Crippen molar-refractivity contribution in [3.05, 3.63) is 33.2 Å². The van der Waals surface area contributed by atoms with Crippen molar-refractivity contribution in [2.24, 2.45) is 5.92 Å². The van der Waals surface area contributed by atoms with Crippen LogP contribution in [0, 0.1) is 9.49 Å². The van der Waals surface area contributed by atoms with Crippen LogP contribution in [0.3, 0.4) is 0 Å². The molecule has 0 saturated carbocycles. The molecule has 2 heterocycles. The minimum atomic E-state index is 0.435. The first-order chi connectivity index (χ1) is 13.5. The lowest BCUT2D eigenvalue weighted by molar-refractivity contribution is 0.516. The van der Waals surface area contributed by atoms with E-state index in [2.05, 4.69) is 68.4 Å². The number of hydrogen-bond donors (Lipinski definition) is 2. The molecule has 1 aromatic carbocycles. The van der Waals surface area contributed by atoms with E-state index >= 15 is 0 Å².